The summed E-state index contributed by atoms with van der Waals surface area (Å²) in [4.78, 5) is 17.7. The Balaban J connectivity index is 1.92. The molecule has 0 bridgehead atoms. The average molecular weight is 345 g/mol. The molecule has 1 amide bonds. The number of carbonyl (C=O) groups excluding carboxylic acids is 1. The van der Waals surface area contributed by atoms with E-state index in [1.165, 1.54) is 0 Å². The SMILES string of the molecule is CC(C)N1CC[C@@]2(C(=O)N(C)c3ccccc32)[C@@H]1c1ccc(C#N)cc1. The molecule has 132 valence electrons. The first-order valence-corrected chi connectivity index (χ1v) is 9.14. The van der Waals surface area contributed by atoms with Crippen LogP contribution in [0, 0.1) is 11.3 Å². The van der Waals surface area contributed by atoms with Crippen LogP contribution in [0.5, 0.6) is 0 Å². The average Bonchev–Trinajstić information content (AvgIpc) is 3.16. The third-order valence-electron chi connectivity index (χ3n) is 6.01. The molecule has 0 aliphatic carbocycles. The summed E-state index contributed by atoms with van der Waals surface area (Å²) in [6.07, 6.45) is 0.816. The first kappa shape index (κ1) is 16.8. The van der Waals surface area contributed by atoms with Gasteiger partial charge in [0.15, 0.2) is 0 Å². The van der Waals surface area contributed by atoms with Gasteiger partial charge < -0.3 is 4.90 Å². The van der Waals surface area contributed by atoms with Crippen molar-refractivity contribution in [2.45, 2.75) is 37.8 Å². The van der Waals surface area contributed by atoms with Crippen LogP contribution in [0.4, 0.5) is 5.69 Å². The highest BCUT2D eigenvalue weighted by atomic mass is 16.2. The summed E-state index contributed by atoms with van der Waals surface area (Å²) in [5.74, 6) is 0.177. The van der Waals surface area contributed by atoms with Crippen LogP contribution in [-0.4, -0.2) is 30.4 Å². The Morgan fingerprint density at radius 1 is 1.15 bits per heavy atom. The van der Waals surface area contributed by atoms with Crippen molar-refractivity contribution < 1.29 is 4.79 Å². The highest BCUT2D eigenvalue weighted by Crippen LogP contribution is 2.56. The molecule has 4 nitrogen and oxygen atoms in total. The Bertz CT molecular complexity index is 896. The number of carbonyl (C=O) groups is 1. The Hall–Kier alpha value is -2.64. The van der Waals surface area contributed by atoms with Gasteiger partial charge in [-0.1, -0.05) is 30.3 Å². The smallest absolute Gasteiger partial charge is 0.239 e. The Morgan fingerprint density at radius 2 is 1.85 bits per heavy atom. The summed E-state index contributed by atoms with van der Waals surface area (Å²) in [5.41, 5.74) is 3.34. The zero-order valence-corrected chi connectivity index (χ0v) is 15.4. The van der Waals surface area contributed by atoms with Crippen LogP contribution in [-0.2, 0) is 10.2 Å². The number of nitriles is 1. The van der Waals surface area contributed by atoms with Gasteiger partial charge in [0.2, 0.25) is 5.91 Å². The standard InChI is InChI=1S/C22H23N3O/c1-15(2)25-13-12-22(20(25)17-10-8-16(14-23)9-11-17)18-6-4-5-7-19(18)24(3)21(22)26/h4-11,15,20H,12-13H2,1-3H3/t20-,22-/m0/s1. The molecular formula is C22H23N3O. The monoisotopic (exact) mass is 345 g/mol. The Kier molecular flexibility index (Phi) is 3.86. The van der Waals surface area contributed by atoms with Crippen LogP contribution in [0.1, 0.15) is 43.0 Å². The number of amides is 1. The van der Waals surface area contributed by atoms with Gasteiger partial charge >= 0.3 is 0 Å². The molecule has 2 aliphatic rings. The highest BCUT2D eigenvalue weighted by Gasteiger charge is 2.60. The van der Waals surface area contributed by atoms with Gasteiger partial charge in [-0.15, -0.1) is 0 Å². The minimum Gasteiger partial charge on any atom is -0.314 e. The van der Waals surface area contributed by atoms with Crippen molar-refractivity contribution >= 4 is 11.6 Å². The molecule has 4 rings (SSSR count). The number of nitrogens with zero attached hydrogens (tertiary/aromatic N) is 3. The second-order valence-electron chi connectivity index (χ2n) is 7.57. The van der Waals surface area contributed by atoms with E-state index < -0.39 is 5.41 Å². The molecule has 1 spiro atoms. The molecule has 2 heterocycles. The molecule has 4 heteroatoms. The summed E-state index contributed by atoms with van der Waals surface area (Å²) in [6, 6.07) is 18.4. The first-order valence-electron chi connectivity index (χ1n) is 9.14. The molecule has 1 fully saturated rings. The fourth-order valence-corrected chi connectivity index (χ4v) is 4.80. The lowest BCUT2D eigenvalue weighted by Crippen LogP contribution is -2.44. The molecule has 0 unspecified atom stereocenters. The van der Waals surface area contributed by atoms with Crippen LogP contribution >= 0.6 is 0 Å². The number of hydrogen-bond donors (Lipinski definition) is 0. The van der Waals surface area contributed by atoms with Crippen molar-refractivity contribution in [2.24, 2.45) is 0 Å². The quantitative estimate of drug-likeness (QED) is 0.835. The maximum Gasteiger partial charge on any atom is 0.239 e. The zero-order chi connectivity index (χ0) is 18.5. The third kappa shape index (κ3) is 2.14. The predicted molar refractivity (Wildman–Crippen MR) is 102 cm³/mol. The minimum absolute atomic E-state index is 0.0196. The van der Waals surface area contributed by atoms with Gasteiger partial charge in [0.1, 0.15) is 0 Å². The highest BCUT2D eigenvalue weighted by molar-refractivity contribution is 6.08. The molecule has 26 heavy (non-hydrogen) atoms. The lowest BCUT2D eigenvalue weighted by molar-refractivity contribution is -0.124. The van der Waals surface area contributed by atoms with Crippen LogP contribution in [0.25, 0.3) is 0 Å². The van der Waals surface area contributed by atoms with Gasteiger partial charge in [0, 0.05) is 25.3 Å². The fraction of sp³-hybridized carbons (Fsp3) is 0.364. The van der Waals surface area contributed by atoms with Gasteiger partial charge in [-0.05, 0) is 49.6 Å². The zero-order valence-electron chi connectivity index (χ0n) is 15.4. The normalized spacial score (nSPS) is 25.1. The van der Waals surface area contributed by atoms with Crippen LogP contribution in [0.2, 0.25) is 0 Å². The van der Waals surface area contributed by atoms with Gasteiger partial charge in [0.25, 0.3) is 0 Å². The number of fused-ring (bicyclic) bond motifs is 2. The summed E-state index contributed by atoms with van der Waals surface area (Å²) >= 11 is 0. The Labute approximate surface area is 154 Å². The number of likely N-dealkylation sites (tertiary alicyclic amines) is 1. The minimum atomic E-state index is -0.552. The second kappa shape index (κ2) is 5.96. The van der Waals surface area contributed by atoms with E-state index in [4.69, 9.17) is 5.26 Å². The molecule has 0 aromatic heterocycles. The summed E-state index contributed by atoms with van der Waals surface area (Å²) in [7, 11) is 1.88. The second-order valence-corrected chi connectivity index (χ2v) is 7.57. The topological polar surface area (TPSA) is 47.3 Å². The lowest BCUT2D eigenvalue weighted by atomic mass is 9.72. The third-order valence-corrected chi connectivity index (χ3v) is 6.01. The van der Waals surface area contributed by atoms with Gasteiger partial charge in [-0.25, -0.2) is 0 Å². The number of likely N-dealkylation sites (N-methyl/N-ethyl adjacent to an activating group) is 1. The maximum absolute atomic E-state index is 13.5. The van der Waals surface area contributed by atoms with E-state index >= 15 is 0 Å². The summed E-state index contributed by atoms with van der Waals surface area (Å²) < 4.78 is 0. The lowest BCUT2D eigenvalue weighted by Gasteiger charge is -2.37. The van der Waals surface area contributed by atoms with Crippen molar-refractivity contribution in [1.82, 2.24) is 4.90 Å². The number of benzene rings is 2. The molecule has 0 N–H and O–H groups in total. The van der Waals surface area contributed by atoms with E-state index in [1.54, 1.807) is 0 Å². The fourth-order valence-electron chi connectivity index (χ4n) is 4.80. The van der Waals surface area contributed by atoms with Crippen LogP contribution < -0.4 is 4.90 Å². The van der Waals surface area contributed by atoms with Crippen LogP contribution in [0.3, 0.4) is 0 Å². The van der Waals surface area contributed by atoms with Crippen molar-refractivity contribution in [3.8, 4) is 6.07 Å². The molecule has 0 saturated carbocycles. The summed E-state index contributed by atoms with van der Waals surface area (Å²) in [6.45, 7) is 5.26. The van der Waals surface area contributed by atoms with Crippen molar-refractivity contribution in [1.29, 1.82) is 5.26 Å². The molecular weight excluding hydrogens is 322 g/mol. The van der Waals surface area contributed by atoms with Gasteiger partial charge in [0.05, 0.1) is 23.1 Å². The van der Waals surface area contributed by atoms with E-state index in [2.05, 4.69) is 30.9 Å². The first-order chi connectivity index (χ1) is 12.5. The number of hydrogen-bond acceptors (Lipinski definition) is 3. The van der Waals surface area contributed by atoms with Gasteiger partial charge in [-0.3, -0.25) is 9.69 Å². The van der Waals surface area contributed by atoms with E-state index in [1.807, 2.05) is 54.4 Å². The molecule has 2 aromatic carbocycles. The van der Waals surface area contributed by atoms with E-state index in [0.29, 0.717) is 11.6 Å². The van der Waals surface area contributed by atoms with Crippen molar-refractivity contribution in [2.75, 3.05) is 18.5 Å². The predicted octanol–water partition coefficient (Wildman–Crippen LogP) is 3.63. The molecule has 0 radical (unpaired) electrons. The number of rotatable bonds is 2. The van der Waals surface area contributed by atoms with E-state index in [-0.39, 0.29) is 11.9 Å². The van der Waals surface area contributed by atoms with E-state index in [9.17, 15) is 4.79 Å². The Morgan fingerprint density at radius 3 is 2.50 bits per heavy atom. The van der Waals surface area contributed by atoms with Crippen LogP contribution in [0.15, 0.2) is 48.5 Å². The molecule has 2 atom stereocenters. The maximum atomic E-state index is 13.5. The van der Waals surface area contributed by atoms with E-state index in [0.717, 1.165) is 29.8 Å². The number of anilines is 1. The molecule has 2 aliphatic heterocycles. The number of para-hydroxylation sites is 1. The van der Waals surface area contributed by atoms with Crippen molar-refractivity contribution in [3.63, 3.8) is 0 Å². The summed E-state index contributed by atoms with van der Waals surface area (Å²) in [5, 5.41) is 9.12. The molecule has 1 saturated heterocycles. The van der Waals surface area contributed by atoms with Gasteiger partial charge in [-0.2, -0.15) is 5.26 Å². The molecule has 2 aromatic rings. The van der Waals surface area contributed by atoms with Crippen molar-refractivity contribution in [3.05, 3.63) is 65.2 Å². The largest absolute Gasteiger partial charge is 0.314 e.